The van der Waals surface area contributed by atoms with Crippen molar-refractivity contribution in [2.45, 2.75) is 31.2 Å². The normalized spacial score (nSPS) is 18.0. The van der Waals surface area contributed by atoms with Gasteiger partial charge in [0.15, 0.2) is 4.90 Å². The van der Waals surface area contributed by atoms with Gasteiger partial charge in [0.2, 0.25) is 15.9 Å². The Morgan fingerprint density at radius 3 is 2.61 bits per heavy atom. The summed E-state index contributed by atoms with van der Waals surface area (Å²) in [5.41, 5.74) is -0.800. The van der Waals surface area contributed by atoms with E-state index in [1.807, 2.05) is 35.3 Å². The second kappa shape index (κ2) is 8.11. The number of amides is 1. The highest BCUT2D eigenvalue weighted by Crippen LogP contribution is 2.23. The van der Waals surface area contributed by atoms with Crippen LogP contribution in [0.5, 0.6) is 0 Å². The molecule has 1 aliphatic rings. The van der Waals surface area contributed by atoms with Gasteiger partial charge >= 0.3 is 5.69 Å². The van der Waals surface area contributed by atoms with Gasteiger partial charge in [0.05, 0.1) is 5.92 Å². The number of aromatic amines is 2. The van der Waals surface area contributed by atoms with Crippen LogP contribution in [0.2, 0.25) is 0 Å². The van der Waals surface area contributed by atoms with E-state index in [4.69, 9.17) is 0 Å². The molecule has 1 aromatic heterocycles. The topological polar surface area (TPSA) is 132 Å². The molecule has 1 amide bonds. The highest BCUT2D eigenvalue weighted by atomic mass is 32.2. The van der Waals surface area contributed by atoms with E-state index in [1.54, 1.807) is 0 Å². The Kier molecular flexibility index (Phi) is 5.80. The molecule has 2 aromatic rings. The first kappa shape index (κ1) is 20.0. The average Bonchev–Trinajstić information content (AvgIpc) is 2.66. The lowest BCUT2D eigenvalue weighted by atomic mass is 9.99. The number of nitrogens with zero attached hydrogens (tertiary/aromatic N) is 1. The number of aryl methyl sites for hydroxylation is 1. The van der Waals surface area contributed by atoms with Gasteiger partial charge in [-0.2, -0.15) is 4.31 Å². The fraction of sp³-hybridized carbons (Fsp3) is 0.389. The Morgan fingerprint density at radius 1 is 1.21 bits per heavy atom. The Labute approximate surface area is 161 Å². The minimum atomic E-state index is -4.13. The lowest BCUT2D eigenvalue weighted by Gasteiger charge is -2.31. The number of H-pyrrole nitrogens is 2. The van der Waals surface area contributed by atoms with Crippen molar-refractivity contribution in [2.75, 3.05) is 13.1 Å². The first-order chi connectivity index (χ1) is 13.3. The molecule has 10 heteroatoms. The second-order valence-electron chi connectivity index (χ2n) is 6.77. The van der Waals surface area contributed by atoms with Crippen LogP contribution in [0.25, 0.3) is 0 Å². The van der Waals surface area contributed by atoms with E-state index in [9.17, 15) is 22.8 Å². The van der Waals surface area contributed by atoms with E-state index in [0.29, 0.717) is 19.4 Å². The van der Waals surface area contributed by atoms with Crippen molar-refractivity contribution in [3.63, 3.8) is 0 Å². The number of rotatable bonds is 5. The molecule has 1 atom stereocenters. The van der Waals surface area contributed by atoms with Crippen LogP contribution < -0.4 is 16.6 Å². The Morgan fingerprint density at radius 2 is 1.93 bits per heavy atom. The number of carbonyl (C=O) groups excluding carboxylic acids is 1. The molecule has 1 aliphatic heterocycles. The fourth-order valence-corrected chi connectivity index (χ4v) is 5.06. The summed E-state index contributed by atoms with van der Waals surface area (Å²) < 4.78 is 27.0. The lowest BCUT2D eigenvalue weighted by molar-refractivity contribution is -0.126. The molecule has 0 aliphatic carbocycles. The van der Waals surface area contributed by atoms with Crippen molar-refractivity contribution in [3.05, 3.63) is 62.4 Å². The monoisotopic (exact) mass is 406 g/mol. The van der Waals surface area contributed by atoms with Gasteiger partial charge in [-0.05, 0) is 25.3 Å². The number of hydrogen-bond donors (Lipinski definition) is 3. The zero-order valence-electron chi connectivity index (χ0n) is 15.4. The zero-order valence-corrected chi connectivity index (χ0v) is 16.2. The molecule has 1 aromatic carbocycles. The number of benzene rings is 1. The number of sulfonamides is 1. The van der Waals surface area contributed by atoms with Crippen LogP contribution in [0.3, 0.4) is 0 Å². The molecule has 0 radical (unpaired) electrons. The van der Waals surface area contributed by atoms with Crippen LogP contribution in [0.15, 0.2) is 44.8 Å². The van der Waals surface area contributed by atoms with Gasteiger partial charge < -0.3 is 10.3 Å². The smallest absolute Gasteiger partial charge is 0.325 e. The van der Waals surface area contributed by atoms with Crippen LogP contribution in [0, 0.1) is 12.8 Å². The van der Waals surface area contributed by atoms with Gasteiger partial charge in [0.25, 0.3) is 5.56 Å². The third-order valence-electron chi connectivity index (χ3n) is 4.74. The summed E-state index contributed by atoms with van der Waals surface area (Å²) in [7, 11) is -4.13. The lowest BCUT2D eigenvalue weighted by Crippen LogP contribution is -2.46. The van der Waals surface area contributed by atoms with Crippen LogP contribution in [0.4, 0.5) is 0 Å². The second-order valence-corrected chi connectivity index (χ2v) is 8.64. The number of hydrogen-bond acceptors (Lipinski definition) is 5. The molecule has 1 saturated heterocycles. The summed E-state index contributed by atoms with van der Waals surface area (Å²) in [5, 5.41) is 2.83. The fourth-order valence-electron chi connectivity index (χ4n) is 3.33. The number of piperidine rings is 1. The van der Waals surface area contributed by atoms with E-state index in [-0.39, 0.29) is 24.7 Å². The van der Waals surface area contributed by atoms with Crippen LogP contribution >= 0.6 is 0 Å². The molecule has 9 nitrogen and oxygen atoms in total. The molecule has 3 N–H and O–H groups in total. The largest absolute Gasteiger partial charge is 0.352 e. The van der Waals surface area contributed by atoms with Crippen molar-refractivity contribution in [1.82, 2.24) is 19.6 Å². The molecule has 28 heavy (non-hydrogen) atoms. The number of nitrogens with one attached hydrogen (secondary N) is 3. The van der Waals surface area contributed by atoms with E-state index in [0.717, 1.165) is 9.87 Å². The number of carbonyl (C=O) groups is 1. The quantitative estimate of drug-likeness (QED) is 0.647. The molecule has 0 spiro atoms. The SMILES string of the molecule is Cc1[nH]c(=O)[nH]c(=O)c1S(=O)(=O)N1CCC[C@H](C(=O)NCc2ccccc2)C1. The van der Waals surface area contributed by atoms with E-state index in [1.165, 1.54) is 6.92 Å². The third kappa shape index (κ3) is 4.23. The predicted molar refractivity (Wildman–Crippen MR) is 102 cm³/mol. The first-order valence-electron chi connectivity index (χ1n) is 8.94. The molecule has 0 unspecified atom stereocenters. The van der Waals surface area contributed by atoms with E-state index < -0.39 is 32.1 Å². The summed E-state index contributed by atoms with van der Waals surface area (Å²) in [6.07, 6.45) is 1.07. The highest BCUT2D eigenvalue weighted by molar-refractivity contribution is 7.89. The van der Waals surface area contributed by atoms with Crippen LogP contribution in [0.1, 0.15) is 24.1 Å². The predicted octanol–water partition coefficient (Wildman–Crippen LogP) is 0.0887. The molecule has 0 saturated carbocycles. The van der Waals surface area contributed by atoms with Crippen LogP contribution in [-0.2, 0) is 21.4 Å². The third-order valence-corrected chi connectivity index (χ3v) is 6.76. The highest BCUT2D eigenvalue weighted by Gasteiger charge is 2.35. The summed E-state index contributed by atoms with van der Waals surface area (Å²) in [6.45, 7) is 1.92. The average molecular weight is 406 g/mol. The summed E-state index contributed by atoms with van der Waals surface area (Å²) >= 11 is 0. The summed E-state index contributed by atoms with van der Waals surface area (Å²) in [5.74, 6) is -0.731. The van der Waals surface area contributed by atoms with Gasteiger partial charge in [-0.15, -0.1) is 0 Å². The number of aromatic nitrogens is 2. The van der Waals surface area contributed by atoms with E-state index in [2.05, 4.69) is 10.3 Å². The molecule has 3 rings (SSSR count). The zero-order chi connectivity index (χ0) is 20.3. The van der Waals surface area contributed by atoms with Gasteiger partial charge in [0.1, 0.15) is 0 Å². The Balaban J connectivity index is 1.74. The Bertz CT molecular complexity index is 1080. The van der Waals surface area contributed by atoms with Gasteiger partial charge in [-0.25, -0.2) is 13.2 Å². The van der Waals surface area contributed by atoms with Crippen molar-refractivity contribution >= 4 is 15.9 Å². The maximum atomic E-state index is 12.9. The minimum absolute atomic E-state index is 0.0129. The summed E-state index contributed by atoms with van der Waals surface area (Å²) in [4.78, 5) is 39.7. The van der Waals surface area contributed by atoms with Gasteiger partial charge in [-0.3, -0.25) is 14.6 Å². The van der Waals surface area contributed by atoms with Gasteiger partial charge in [0, 0.05) is 25.3 Å². The van der Waals surface area contributed by atoms with Crippen molar-refractivity contribution in [1.29, 1.82) is 0 Å². The van der Waals surface area contributed by atoms with Crippen molar-refractivity contribution in [2.24, 2.45) is 5.92 Å². The van der Waals surface area contributed by atoms with Crippen molar-refractivity contribution in [3.8, 4) is 0 Å². The standard InChI is InChI=1S/C18H22N4O5S/c1-12-15(17(24)21-18(25)20-12)28(26,27)22-9-5-8-14(11-22)16(23)19-10-13-6-3-2-4-7-13/h2-4,6-7,14H,5,8-11H2,1H3,(H,19,23)(H2,20,21,24,25)/t14-/m0/s1. The first-order valence-corrected chi connectivity index (χ1v) is 10.4. The molecular weight excluding hydrogens is 384 g/mol. The maximum absolute atomic E-state index is 12.9. The maximum Gasteiger partial charge on any atom is 0.325 e. The summed E-state index contributed by atoms with van der Waals surface area (Å²) in [6, 6.07) is 9.42. The van der Waals surface area contributed by atoms with Crippen LogP contribution in [-0.4, -0.2) is 41.7 Å². The Hall–Kier alpha value is -2.72. The molecular formula is C18H22N4O5S. The minimum Gasteiger partial charge on any atom is -0.352 e. The molecule has 1 fully saturated rings. The van der Waals surface area contributed by atoms with E-state index >= 15 is 0 Å². The molecule has 2 heterocycles. The molecule has 0 bridgehead atoms. The van der Waals surface area contributed by atoms with Gasteiger partial charge in [-0.1, -0.05) is 30.3 Å². The molecule has 150 valence electrons. The van der Waals surface area contributed by atoms with Crippen molar-refractivity contribution < 1.29 is 13.2 Å².